The van der Waals surface area contributed by atoms with E-state index in [2.05, 4.69) is 25.3 Å². The number of nitrogens with two attached hydrogens (primary N) is 1. The van der Waals surface area contributed by atoms with Gasteiger partial charge in [0.25, 0.3) is 0 Å². The first-order valence-corrected chi connectivity index (χ1v) is 11.7. The molecule has 4 aromatic rings. The number of aromatic nitrogens is 4. The summed E-state index contributed by atoms with van der Waals surface area (Å²) in [6.45, 7) is 1.77. The molecule has 0 spiro atoms. The number of aryl methyl sites for hydroxylation is 1. The third-order valence-corrected chi connectivity index (χ3v) is 6.21. The van der Waals surface area contributed by atoms with Crippen molar-refractivity contribution in [3.63, 3.8) is 0 Å². The smallest absolute Gasteiger partial charge is 0.339 e. The largest absolute Gasteiger partial charge is 0.454 e. The molecule has 0 radical (unpaired) electrons. The van der Waals surface area contributed by atoms with E-state index in [-0.39, 0.29) is 30.1 Å². The van der Waals surface area contributed by atoms with E-state index in [1.54, 1.807) is 23.5 Å². The van der Waals surface area contributed by atoms with Crippen molar-refractivity contribution >= 4 is 46.7 Å². The predicted molar refractivity (Wildman–Crippen MR) is 126 cm³/mol. The summed E-state index contributed by atoms with van der Waals surface area (Å²) in [5, 5.41) is 5.93. The standard InChI is InChI=1S/C22H19FN6O2S2/c1-13-25-16(11-32-13)12-33-18-5-3-2-4-17(18)20(30)31-10-19-27-21(24)29-22(28-19)26-15-8-6-14(23)7-9-15/h2-9,11H,10,12H2,1H3,(H3,24,26,27,28,29). The third-order valence-electron chi connectivity index (χ3n) is 4.28. The molecule has 2 aromatic carbocycles. The number of carbonyl (C=O) groups is 1. The molecule has 0 saturated carbocycles. The lowest BCUT2D eigenvalue weighted by molar-refractivity contribution is 0.0458. The Morgan fingerprint density at radius 3 is 2.67 bits per heavy atom. The number of rotatable bonds is 8. The fraction of sp³-hybridized carbons (Fsp3) is 0.136. The summed E-state index contributed by atoms with van der Waals surface area (Å²) in [5.41, 5.74) is 7.75. The van der Waals surface area contributed by atoms with Gasteiger partial charge in [0.2, 0.25) is 11.9 Å². The first-order chi connectivity index (χ1) is 16.0. The zero-order chi connectivity index (χ0) is 23.2. The van der Waals surface area contributed by atoms with Gasteiger partial charge < -0.3 is 15.8 Å². The van der Waals surface area contributed by atoms with Crippen LogP contribution in [0.4, 0.5) is 22.0 Å². The van der Waals surface area contributed by atoms with E-state index in [0.29, 0.717) is 17.0 Å². The molecule has 0 aliphatic rings. The summed E-state index contributed by atoms with van der Waals surface area (Å²) in [7, 11) is 0. The highest BCUT2D eigenvalue weighted by Crippen LogP contribution is 2.27. The number of hydrogen-bond acceptors (Lipinski definition) is 10. The zero-order valence-corrected chi connectivity index (χ0v) is 19.1. The first-order valence-electron chi connectivity index (χ1n) is 9.79. The molecule has 3 N–H and O–H groups in total. The minimum absolute atomic E-state index is 0.0322. The second-order valence-electron chi connectivity index (χ2n) is 6.78. The molecule has 0 atom stereocenters. The summed E-state index contributed by atoms with van der Waals surface area (Å²) in [6, 6.07) is 12.9. The SMILES string of the molecule is Cc1nc(CSc2ccccc2C(=O)OCc2nc(N)nc(Nc3ccc(F)cc3)n2)cs1. The maximum atomic E-state index is 13.1. The van der Waals surface area contributed by atoms with Crippen LogP contribution in [0.15, 0.2) is 58.8 Å². The Bertz CT molecular complexity index is 1270. The Labute approximate surface area is 197 Å². The fourth-order valence-corrected chi connectivity index (χ4v) is 4.47. The number of nitrogens with zero attached hydrogens (tertiary/aromatic N) is 4. The molecule has 0 unspecified atom stereocenters. The van der Waals surface area contributed by atoms with Crippen molar-refractivity contribution in [3.05, 3.63) is 81.8 Å². The lowest BCUT2D eigenvalue weighted by Crippen LogP contribution is -2.11. The molecule has 2 aromatic heterocycles. The molecule has 0 saturated heterocycles. The maximum absolute atomic E-state index is 13.1. The number of esters is 1. The van der Waals surface area contributed by atoms with Crippen molar-refractivity contribution in [2.45, 2.75) is 24.2 Å². The molecular weight excluding hydrogens is 463 g/mol. The highest BCUT2D eigenvalue weighted by atomic mass is 32.2. The van der Waals surface area contributed by atoms with E-state index in [0.717, 1.165) is 15.6 Å². The van der Waals surface area contributed by atoms with Crippen LogP contribution in [-0.4, -0.2) is 25.9 Å². The van der Waals surface area contributed by atoms with Crippen LogP contribution < -0.4 is 11.1 Å². The summed E-state index contributed by atoms with van der Waals surface area (Å²) >= 11 is 3.11. The van der Waals surface area contributed by atoms with Gasteiger partial charge in [0.05, 0.1) is 16.3 Å². The van der Waals surface area contributed by atoms with E-state index in [1.165, 1.54) is 36.0 Å². The van der Waals surface area contributed by atoms with Gasteiger partial charge in [0.15, 0.2) is 12.4 Å². The molecular formula is C22H19FN6O2S2. The Morgan fingerprint density at radius 1 is 1.12 bits per heavy atom. The minimum atomic E-state index is -0.500. The first kappa shape index (κ1) is 22.6. The molecule has 2 heterocycles. The van der Waals surface area contributed by atoms with Crippen LogP contribution >= 0.6 is 23.1 Å². The van der Waals surface area contributed by atoms with Gasteiger partial charge in [-0.15, -0.1) is 23.1 Å². The summed E-state index contributed by atoms with van der Waals surface area (Å²) < 4.78 is 18.5. The quantitative estimate of drug-likeness (QED) is 0.271. The van der Waals surface area contributed by atoms with Crippen LogP contribution in [0, 0.1) is 12.7 Å². The number of nitrogen functional groups attached to an aromatic ring is 1. The number of thioether (sulfide) groups is 1. The second-order valence-corrected chi connectivity index (χ2v) is 8.86. The average molecular weight is 483 g/mol. The average Bonchev–Trinajstić information content (AvgIpc) is 3.22. The Hall–Kier alpha value is -3.57. The van der Waals surface area contributed by atoms with E-state index in [9.17, 15) is 9.18 Å². The third kappa shape index (κ3) is 6.24. The van der Waals surface area contributed by atoms with Gasteiger partial charge in [-0.25, -0.2) is 14.2 Å². The molecule has 0 aliphatic carbocycles. The normalized spacial score (nSPS) is 10.7. The van der Waals surface area contributed by atoms with Crippen LogP contribution in [0.5, 0.6) is 0 Å². The van der Waals surface area contributed by atoms with Crippen LogP contribution in [0.3, 0.4) is 0 Å². The summed E-state index contributed by atoms with van der Waals surface area (Å²) in [6.07, 6.45) is 0. The summed E-state index contributed by atoms with van der Waals surface area (Å²) in [4.78, 5) is 30.2. The lowest BCUT2D eigenvalue weighted by atomic mass is 10.2. The topological polar surface area (TPSA) is 116 Å². The van der Waals surface area contributed by atoms with Crippen LogP contribution in [0.25, 0.3) is 0 Å². The fourth-order valence-electron chi connectivity index (χ4n) is 2.82. The number of halogens is 1. The van der Waals surface area contributed by atoms with Gasteiger partial charge in [0, 0.05) is 21.7 Å². The molecule has 0 fully saturated rings. The molecule has 33 heavy (non-hydrogen) atoms. The Morgan fingerprint density at radius 2 is 1.91 bits per heavy atom. The predicted octanol–water partition coefficient (Wildman–Crippen LogP) is 4.75. The number of nitrogens with one attached hydrogen (secondary N) is 1. The van der Waals surface area contributed by atoms with Crippen molar-refractivity contribution in [3.8, 4) is 0 Å². The van der Waals surface area contributed by atoms with Crippen LogP contribution in [0.1, 0.15) is 26.9 Å². The van der Waals surface area contributed by atoms with E-state index in [4.69, 9.17) is 10.5 Å². The van der Waals surface area contributed by atoms with Crippen molar-refractivity contribution < 1.29 is 13.9 Å². The monoisotopic (exact) mass is 482 g/mol. The van der Waals surface area contributed by atoms with Gasteiger partial charge in [-0.1, -0.05) is 12.1 Å². The van der Waals surface area contributed by atoms with Gasteiger partial charge >= 0.3 is 5.97 Å². The van der Waals surface area contributed by atoms with Gasteiger partial charge in [-0.3, -0.25) is 0 Å². The number of carbonyl (C=O) groups excluding carboxylic acids is 1. The number of thiazole rings is 1. The number of ether oxygens (including phenoxy) is 1. The molecule has 11 heteroatoms. The van der Waals surface area contributed by atoms with Gasteiger partial charge in [-0.2, -0.15) is 15.0 Å². The highest BCUT2D eigenvalue weighted by Gasteiger charge is 2.15. The molecule has 4 rings (SSSR count). The Balaban J connectivity index is 1.41. The van der Waals surface area contributed by atoms with E-state index >= 15 is 0 Å². The number of hydrogen-bond donors (Lipinski definition) is 2. The highest BCUT2D eigenvalue weighted by molar-refractivity contribution is 7.98. The molecule has 8 nitrogen and oxygen atoms in total. The molecule has 0 aliphatic heterocycles. The van der Waals surface area contributed by atoms with Crippen molar-refractivity contribution in [2.24, 2.45) is 0 Å². The number of benzene rings is 2. The van der Waals surface area contributed by atoms with Crippen LogP contribution in [-0.2, 0) is 17.1 Å². The summed E-state index contributed by atoms with van der Waals surface area (Å²) in [5.74, 6) is 0.105. The minimum Gasteiger partial charge on any atom is -0.454 e. The molecule has 168 valence electrons. The van der Waals surface area contributed by atoms with Crippen molar-refractivity contribution in [2.75, 3.05) is 11.1 Å². The van der Waals surface area contributed by atoms with E-state index in [1.807, 2.05) is 24.4 Å². The van der Waals surface area contributed by atoms with Gasteiger partial charge in [0.1, 0.15) is 5.82 Å². The molecule has 0 amide bonds. The maximum Gasteiger partial charge on any atom is 0.339 e. The zero-order valence-electron chi connectivity index (χ0n) is 17.5. The second kappa shape index (κ2) is 10.4. The van der Waals surface area contributed by atoms with Crippen molar-refractivity contribution in [1.29, 1.82) is 0 Å². The van der Waals surface area contributed by atoms with Crippen LogP contribution in [0.2, 0.25) is 0 Å². The number of anilines is 3. The van der Waals surface area contributed by atoms with Crippen molar-refractivity contribution in [1.82, 2.24) is 19.9 Å². The Kier molecular flexibility index (Phi) is 7.10. The lowest BCUT2D eigenvalue weighted by Gasteiger charge is -2.10. The van der Waals surface area contributed by atoms with Gasteiger partial charge in [-0.05, 0) is 43.3 Å². The van der Waals surface area contributed by atoms with E-state index < -0.39 is 5.97 Å². The molecule has 0 bridgehead atoms.